The highest BCUT2D eigenvalue weighted by molar-refractivity contribution is 5.86. The first-order valence-corrected chi connectivity index (χ1v) is 6.14. The van der Waals surface area contributed by atoms with Gasteiger partial charge in [-0.25, -0.2) is 4.79 Å². The van der Waals surface area contributed by atoms with Gasteiger partial charge in [-0.2, -0.15) is 0 Å². The van der Waals surface area contributed by atoms with Crippen LogP contribution in [0, 0.1) is 0 Å². The van der Waals surface area contributed by atoms with Crippen LogP contribution in [0.2, 0.25) is 0 Å². The Balaban J connectivity index is 3.43. The number of urea groups is 1. The number of amides is 3. The molecule has 0 aliphatic heterocycles. The third-order valence-corrected chi connectivity index (χ3v) is 2.02. The van der Waals surface area contributed by atoms with Crippen molar-refractivity contribution in [3.05, 3.63) is 0 Å². The van der Waals surface area contributed by atoms with Gasteiger partial charge in [-0.3, -0.25) is 9.59 Å². The monoisotopic (exact) mass is 275 g/mol. The van der Waals surface area contributed by atoms with Gasteiger partial charge in [0.1, 0.15) is 6.54 Å². The summed E-state index contributed by atoms with van der Waals surface area (Å²) in [4.78, 5) is 32.4. The molecule has 0 atom stereocenters. The summed E-state index contributed by atoms with van der Waals surface area (Å²) in [5.41, 5.74) is 0. The van der Waals surface area contributed by atoms with Crippen molar-refractivity contribution in [2.45, 2.75) is 19.8 Å². The highest BCUT2D eigenvalue weighted by Gasteiger charge is 2.05. The SMILES string of the molecule is CCCCOCCNC(=O)NCC(=O)NCC(=O)O. The molecule has 0 aromatic heterocycles. The van der Waals surface area contributed by atoms with Gasteiger partial charge in [-0.05, 0) is 6.42 Å². The van der Waals surface area contributed by atoms with Gasteiger partial charge in [-0.1, -0.05) is 13.3 Å². The lowest BCUT2D eigenvalue weighted by Crippen LogP contribution is -2.43. The molecule has 0 aliphatic carbocycles. The Labute approximate surface area is 111 Å². The standard InChI is InChI=1S/C11H21N3O5/c1-2-3-5-19-6-4-12-11(18)14-7-9(15)13-8-10(16)17/h2-8H2,1H3,(H,13,15)(H,16,17)(H2,12,14,18). The van der Waals surface area contributed by atoms with Crippen LogP contribution in [0.5, 0.6) is 0 Å². The number of hydrogen-bond donors (Lipinski definition) is 4. The number of hydrogen-bond acceptors (Lipinski definition) is 4. The number of carboxylic acids is 1. The van der Waals surface area contributed by atoms with Crippen LogP contribution in [-0.2, 0) is 14.3 Å². The molecular weight excluding hydrogens is 254 g/mol. The quantitative estimate of drug-likeness (QED) is 0.393. The number of unbranched alkanes of at least 4 members (excludes halogenated alkanes) is 1. The van der Waals surface area contributed by atoms with Gasteiger partial charge >= 0.3 is 12.0 Å². The number of ether oxygens (including phenoxy) is 1. The lowest BCUT2D eigenvalue weighted by atomic mass is 10.4. The Morgan fingerprint density at radius 2 is 1.79 bits per heavy atom. The fraction of sp³-hybridized carbons (Fsp3) is 0.727. The van der Waals surface area contributed by atoms with E-state index >= 15 is 0 Å². The number of nitrogens with one attached hydrogen (secondary N) is 3. The molecule has 0 fully saturated rings. The molecule has 8 heteroatoms. The van der Waals surface area contributed by atoms with Crippen LogP contribution in [-0.4, -0.2) is 55.9 Å². The van der Waals surface area contributed by atoms with Crippen molar-refractivity contribution in [1.82, 2.24) is 16.0 Å². The van der Waals surface area contributed by atoms with Crippen LogP contribution in [0.3, 0.4) is 0 Å². The summed E-state index contributed by atoms with van der Waals surface area (Å²) in [6.45, 7) is 2.76. The summed E-state index contributed by atoms with van der Waals surface area (Å²) in [5.74, 6) is -1.70. The first-order valence-electron chi connectivity index (χ1n) is 6.14. The first-order chi connectivity index (χ1) is 9.06. The summed E-state index contributed by atoms with van der Waals surface area (Å²) >= 11 is 0. The minimum absolute atomic E-state index is 0.268. The Bertz CT molecular complexity index is 296. The molecule has 0 bridgehead atoms. The van der Waals surface area contributed by atoms with E-state index in [0.717, 1.165) is 12.8 Å². The molecule has 110 valence electrons. The second-order valence-electron chi connectivity index (χ2n) is 3.75. The summed E-state index contributed by atoms with van der Waals surface area (Å²) < 4.78 is 5.23. The third kappa shape index (κ3) is 12.4. The molecule has 0 aromatic carbocycles. The number of rotatable bonds is 10. The summed E-state index contributed by atoms with van der Waals surface area (Å²) in [5, 5.41) is 15.2. The van der Waals surface area contributed by atoms with Crippen LogP contribution >= 0.6 is 0 Å². The summed E-state index contributed by atoms with van der Waals surface area (Å²) in [7, 11) is 0. The van der Waals surface area contributed by atoms with Gasteiger partial charge in [0.2, 0.25) is 5.91 Å². The molecule has 0 radical (unpaired) electrons. The molecule has 0 unspecified atom stereocenters. The molecule has 3 amide bonds. The van der Waals surface area contributed by atoms with Crippen molar-refractivity contribution >= 4 is 17.9 Å². The maximum Gasteiger partial charge on any atom is 0.322 e. The molecule has 4 N–H and O–H groups in total. The Hall–Kier alpha value is -1.83. The van der Waals surface area contributed by atoms with Crippen molar-refractivity contribution < 1.29 is 24.2 Å². The third-order valence-electron chi connectivity index (χ3n) is 2.02. The van der Waals surface area contributed by atoms with Crippen molar-refractivity contribution in [1.29, 1.82) is 0 Å². The minimum Gasteiger partial charge on any atom is -0.480 e. The van der Waals surface area contributed by atoms with Gasteiger partial charge in [0.15, 0.2) is 0 Å². The Kier molecular flexibility index (Phi) is 10.2. The van der Waals surface area contributed by atoms with E-state index in [1.54, 1.807) is 0 Å². The molecule has 0 saturated carbocycles. The normalized spacial score (nSPS) is 9.74. The largest absolute Gasteiger partial charge is 0.480 e. The molecule has 8 nitrogen and oxygen atoms in total. The van der Waals surface area contributed by atoms with Gasteiger partial charge < -0.3 is 25.8 Å². The van der Waals surface area contributed by atoms with E-state index in [9.17, 15) is 14.4 Å². The lowest BCUT2D eigenvalue weighted by molar-refractivity contribution is -0.137. The smallest absolute Gasteiger partial charge is 0.322 e. The van der Waals surface area contributed by atoms with Crippen LogP contribution in [0.1, 0.15) is 19.8 Å². The molecule has 0 aliphatic rings. The number of carbonyl (C=O) groups excluding carboxylic acids is 2. The van der Waals surface area contributed by atoms with Crippen molar-refractivity contribution in [3.8, 4) is 0 Å². The van der Waals surface area contributed by atoms with Gasteiger partial charge in [0.05, 0.1) is 13.2 Å². The number of carboxylic acid groups (broad SMARTS) is 1. The zero-order valence-corrected chi connectivity index (χ0v) is 11.0. The van der Waals surface area contributed by atoms with Crippen LogP contribution in [0.25, 0.3) is 0 Å². The zero-order chi connectivity index (χ0) is 14.5. The van der Waals surface area contributed by atoms with Crippen molar-refractivity contribution in [2.24, 2.45) is 0 Å². The fourth-order valence-corrected chi connectivity index (χ4v) is 1.04. The highest BCUT2D eigenvalue weighted by Crippen LogP contribution is 1.86. The van der Waals surface area contributed by atoms with Gasteiger partial charge in [0, 0.05) is 13.2 Å². The van der Waals surface area contributed by atoms with E-state index in [2.05, 4.69) is 22.9 Å². The van der Waals surface area contributed by atoms with E-state index < -0.39 is 24.5 Å². The fourth-order valence-electron chi connectivity index (χ4n) is 1.04. The zero-order valence-electron chi connectivity index (χ0n) is 11.0. The highest BCUT2D eigenvalue weighted by atomic mass is 16.5. The van der Waals surface area contributed by atoms with E-state index in [-0.39, 0.29) is 6.54 Å². The maximum absolute atomic E-state index is 11.2. The molecule has 0 aromatic rings. The Morgan fingerprint density at radius 1 is 1.05 bits per heavy atom. The molecule has 0 heterocycles. The first kappa shape index (κ1) is 17.2. The van der Waals surface area contributed by atoms with Crippen molar-refractivity contribution in [3.63, 3.8) is 0 Å². The van der Waals surface area contributed by atoms with Gasteiger partial charge in [-0.15, -0.1) is 0 Å². The summed E-state index contributed by atoms with van der Waals surface area (Å²) in [6, 6.07) is -0.496. The minimum atomic E-state index is -1.14. The molecule has 0 saturated heterocycles. The number of carbonyl (C=O) groups is 3. The summed E-state index contributed by atoms with van der Waals surface area (Å²) in [6.07, 6.45) is 2.04. The predicted octanol–water partition coefficient (Wildman–Crippen LogP) is -0.697. The average Bonchev–Trinajstić information content (AvgIpc) is 2.38. The molecule has 0 rings (SSSR count). The maximum atomic E-state index is 11.2. The molecule has 19 heavy (non-hydrogen) atoms. The molecular formula is C11H21N3O5. The van der Waals surface area contributed by atoms with E-state index in [4.69, 9.17) is 9.84 Å². The topological polar surface area (TPSA) is 117 Å². The van der Waals surface area contributed by atoms with Crippen LogP contribution in [0.15, 0.2) is 0 Å². The Morgan fingerprint density at radius 3 is 2.42 bits per heavy atom. The van der Waals surface area contributed by atoms with E-state index in [1.807, 2.05) is 0 Å². The lowest BCUT2D eigenvalue weighted by Gasteiger charge is -2.08. The second-order valence-corrected chi connectivity index (χ2v) is 3.75. The van der Waals surface area contributed by atoms with Gasteiger partial charge in [0.25, 0.3) is 0 Å². The van der Waals surface area contributed by atoms with Crippen LogP contribution < -0.4 is 16.0 Å². The average molecular weight is 275 g/mol. The molecule has 0 spiro atoms. The van der Waals surface area contributed by atoms with Crippen LogP contribution in [0.4, 0.5) is 4.79 Å². The second kappa shape index (κ2) is 11.3. The van der Waals surface area contributed by atoms with E-state index in [1.165, 1.54) is 0 Å². The van der Waals surface area contributed by atoms with Crippen molar-refractivity contribution in [2.75, 3.05) is 32.8 Å². The number of aliphatic carboxylic acids is 1. The predicted molar refractivity (Wildman–Crippen MR) is 67.8 cm³/mol. The van der Waals surface area contributed by atoms with E-state index in [0.29, 0.717) is 19.8 Å².